The molecule has 1 aromatic carbocycles. The molecule has 1 aliphatic carbocycles. The summed E-state index contributed by atoms with van der Waals surface area (Å²) in [5.41, 5.74) is 6.42. The molecular weight excluding hydrogens is 202 g/mol. The van der Waals surface area contributed by atoms with Crippen molar-refractivity contribution in [3.8, 4) is 0 Å². The summed E-state index contributed by atoms with van der Waals surface area (Å²) in [5, 5.41) is 0. The third-order valence-corrected chi connectivity index (χ3v) is 3.28. The topological polar surface area (TPSA) is 52.3 Å². The molecule has 1 fully saturated rings. The Balaban J connectivity index is 1.90. The average molecular weight is 219 g/mol. The van der Waals surface area contributed by atoms with E-state index in [0.717, 1.165) is 18.4 Å². The lowest BCUT2D eigenvalue weighted by atomic mass is 9.99. The van der Waals surface area contributed by atoms with Gasteiger partial charge in [-0.15, -0.1) is 0 Å². The van der Waals surface area contributed by atoms with Gasteiger partial charge in [0.1, 0.15) is 6.61 Å². The molecule has 0 unspecified atom stereocenters. The Bertz CT molecular complexity index is 369. The Kier molecular flexibility index (Phi) is 2.97. The van der Waals surface area contributed by atoms with E-state index in [1.165, 1.54) is 0 Å². The van der Waals surface area contributed by atoms with Gasteiger partial charge < -0.3 is 10.5 Å². The minimum Gasteiger partial charge on any atom is -0.460 e. The Morgan fingerprint density at radius 3 is 2.56 bits per heavy atom. The van der Waals surface area contributed by atoms with E-state index < -0.39 is 5.41 Å². The van der Waals surface area contributed by atoms with Crippen molar-refractivity contribution in [2.45, 2.75) is 32.4 Å². The van der Waals surface area contributed by atoms with Crippen molar-refractivity contribution in [3.05, 3.63) is 35.9 Å². The molecule has 2 rings (SSSR count). The van der Waals surface area contributed by atoms with Gasteiger partial charge in [-0.05, 0) is 25.3 Å². The smallest absolute Gasteiger partial charge is 0.313 e. The molecular formula is C13H17NO2. The van der Waals surface area contributed by atoms with Crippen LogP contribution in [0.25, 0.3) is 0 Å². The molecule has 0 aliphatic heterocycles. The zero-order chi connectivity index (χ0) is 11.6. The summed E-state index contributed by atoms with van der Waals surface area (Å²) in [6.45, 7) is 2.21. The minimum atomic E-state index is -0.394. The first kappa shape index (κ1) is 11.1. The summed E-state index contributed by atoms with van der Waals surface area (Å²) in [6, 6.07) is 9.58. The predicted octanol–water partition coefficient (Wildman–Crippen LogP) is 1.86. The molecule has 3 nitrogen and oxygen atoms in total. The monoisotopic (exact) mass is 219 g/mol. The van der Waals surface area contributed by atoms with Crippen LogP contribution in [0.5, 0.6) is 0 Å². The molecule has 0 radical (unpaired) electrons. The van der Waals surface area contributed by atoms with Gasteiger partial charge in [-0.3, -0.25) is 4.79 Å². The number of rotatable bonds is 4. The lowest BCUT2D eigenvalue weighted by molar-refractivity contribution is -0.152. The zero-order valence-electron chi connectivity index (χ0n) is 9.48. The van der Waals surface area contributed by atoms with E-state index in [0.29, 0.717) is 6.61 Å². The van der Waals surface area contributed by atoms with E-state index in [4.69, 9.17) is 10.5 Å². The van der Waals surface area contributed by atoms with Gasteiger partial charge in [0.15, 0.2) is 0 Å². The second-order valence-corrected chi connectivity index (χ2v) is 4.51. The van der Waals surface area contributed by atoms with E-state index >= 15 is 0 Å². The molecule has 0 bridgehead atoms. The van der Waals surface area contributed by atoms with Gasteiger partial charge in [-0.25, -0.2) is 0 Å². The van der Waals surface area contributed by atoms with Gasteiger partial charge in [0.2, 0.25) is 0 Å². The van der Waals surface area contributed by atoms with E-state index in [-0.39, 0.29) is 12.0 Å². The lowest BCUT2D eigenvalue weighted by Gasteiger charge is -2.17. The number of hydrogen-bond acceptors (Lipinski definition) is 3. The van der Waals surface area contributed by atoms with E-state index in [2.05, 4.69) is 0 Å². The fourth-order valence-electron chi connectivity index (χ4n) is 1.85. The molecule has 3 heteroatoms. The van der Waals surface area contributed by atoms with Crippen LogP contribution in [-0.4, -0.2) is 12.0 Å². The van der Waals surface area contributed by atoms with Crippen molar-refractivity contribution in [1.29, 1.82) is 0 Å². The summed E-state index contributed by atoms with van der Waals surface area (Å²) in [5.74, 6) is -0.147. The summed E-state index contributed by atoms with van der Waals surface area (Å²) < 4.78 is 5.30. The first-order valence-corrected chi connectivity index (χ1v) is 5.62. The first-order valence-electron chi connectivity index (χ1n) is 5.62. The van der Waals surface area contributed by atoms with Gasteiger partial charge in [-0.2, -0.15) is 0 Å². The normalized spacial score (nSPS) is 18.9. The van der Waals surface area contributed by atoms with Gasteiger partial charge in [0.25, 0.3) is 0 Å². The Morgan fingerprint density at radius 2 is 2.06 bits per heavy atom. The quantitative estimate of drug-likeness (QED) is 0.786. The highest BCUT2D eigenvalue weighted by Gasteiger charge is 2.54. The molecule has 2 N–H and O–H groups in total. The molecule has 1 aromatic rings. The van der Waals surface area contributed by atoms with Gasteiger partial charge in [0, 0.05) is 6.04 Å². The van der Waals surface area contributed by atoms with Crippen LogP contribution in [0.1, 0.15) is 25.3 Å². The van der Waals surface area contributed by atoms with Crippen molar-refractivity contribution in [3.63, 3.8) is 0 Å². The molecule has 16 heavy (non-hydrogen) atoms. The van der Waals surface area contributed by atoms with Gasteiger partial charge >= 0.3 is 5.97 Å². The number of carbonyl (C=O) groups excluding carboxylic acids is 1. The fourth-order valence-corrected chi connectivity index (χ4v) is 1.85. The van der Waals surface area contributed by atoms with Crippen LogP contribution in [0, 0.1) is 5.41 Å². The molecule has 0 amide bonds. The average Bonchev–Trinajstić information content (AvgIpc) is 3.08. The number of nitrogens with two attached hydrogens (primary N) is 1. The standard InChI is InChI=1S/C13H17NO2/c1-10(14)13(7-8-13)12(15)16-9-11-5-3-2-4-6-11/h2-6,10H,7-9,14H2,1H3/t10-/m1/s1. The van der Waals surface area contributed by atoms with E-state index in [1.807, 2.05) is 37.3 Å². The predicted molar refractivity (Wildman–Crippen MR) is 61.6 cm³/mol. The molecule has 1 aliphatic rings. The van der Waals surface area contributed by atoms with Crippen molar-refractivity contribution in [2.24, 2.45) is 11.1 Å². The maximum atomic E-state index is 11.8. The fraction of sp³-hybridized carbons (Fsp3) is 0.462. The summed E-state index contributed by atoms with van der Waals surface area (Å²) >= 11 is 0. The van der Waals surface area contributed by atoms with Crippen LogP contribution in [0.2, 0.25) is 0 Å². The third kappa shape index (κ3) is 2.09. The van der Waals surface area contributed by atoms with Crippen LogP contribution >= 0.6 is 0 Å². The maximum Gasteiger partial charge on any atom is 0.313 e. The van der Waals surface area contributed by atoms with Gasteiger partial charge in [-0.1, -0.05) is 30.3 Å². The van der Waals surface area contributed by atoms with Gasteiger partial charge in [0.05, 0.1) is 5.41 Å². The van der Waals surface area contributed by atoms with Crippen LogP contribution in [0.4, 0.5) is 0 Å². The number of benzene rings is 1. The molecule has 0 saturated heterocycles. The third-order valence-electron chi connectivity index (χ3n) is 3.28. The summed E-state index contributed by atoms with van der Waals surface area (Å²) in [7, 11) is 0. The highest BCUT2D eigenvalue weighted by molar-refractivity contribution is 5.80. The number of carbonyl (C=O) groups is 1. The largest absolute Gasteiger partial charge is 0.460 e. The Hall–Kier alpha value is -1.35. The minimum absolute atomic E-state index is 0.115. The second-order valence-electron chi connectivity index (χ2n) is 4.51. The maximum absolute atomic E-state index is 11.8. The Labute approximate surface area is 95.6 Å². The van der Waals surface area contributed by atoms with Crippen molar-refractivity contribution in [2.75, 3.05) is 0 Å². The first-order chi connectivity index (χ1) is 7.65. The zero-order valence-corrected chi connectivity index (χ0v) is 9.48. The molecule has 1 saturated carbocycles. The van der Waals surface area contributed by atoms with Crippen LogP contribution < -0.4 is 5.73 Å². The van der Waals surface area contributed by atoms with E-state index in [9.17, 15) is 4.79 Å². The van der Waals surface area contributed by atoms with Crippen molar-refractivity contribution < 1.29 is 9.53 Å². The van der Waals surface area contributed by atoms with Crippen molar-refractivity contribution >= 4 is 5.97 Å². The summed E-state index contributed by atoms with van der Waals surface area (Å²) in [6.07, 6.45) is 1.72. The van der Waals surface area contributed by atoms with Crippen LogP contribution in [-0.2, 0) is 16.1 Å². The van der Waals surface area contributed by atoms with Crippen LogP contribution in [0.15, 0.2) is 30.3 Å². The molecule has 0 aromatic heterocycles. The Morgan fingerprint density at radius 1 is 1.44 bits per heavy atom. The molecule has 0 spiro atoms. The van der Waals surface area contributed by atoms with E-state index in [1.54, 1.807) is 0 Å². The summed E-state index contributed by atoms with van der Waals surface area (Å²) in [4.78, 5) is 11.8. The number of hydrogen-bond donors (Lipinski definition) is 1. The number of esters is 1. The molecule has 1 atom stereocenters. The van der Waals surface area contributed by atoms with Crippen molar-refractivity contribution in [1.82, 2.24) is 0 Å². The number of ether oxygens (including phenoxy) is 1. The SMILES string of the molecule is C[C@@H](N)C1(C(=O)OCc2ccccc2)CC1. The molecule has 86 valence electrons. The van der Waals surface area contributed by atoms with Crippen LogP contribution in [0.3, 0.4) is 0 Å². The molecule has 0 heterocycles. The highest BCUT2D eigenvalue weighted by atomic mass is 16.5. The highest BCUT2D eigenvalue weighted by Crippen LogP contribution is 2.49. The second kappa shape index (κ2) is 4.26. The lowest BCUT2D eigenvalue weighted by Crippen LogP contribution is -2.35.